The number of primary amides is 1. The summed E-state index contributed by atoms with van der Waals surface area (Å²) in [4.78, 5) is 28.9. The summed E-state index contributed by atoms with van der Waals surface area (Å²) in [5, 5.41) is 3.79. The van der Waals surface area contributed by atoms with Gasteiger partial charge in [0.1, 0.15) is 0 Å². The van der Waals surface area contributed by atoms with E-state index in [0.29, 0.717) is 23.4 Å². The summed E-state index contributed by atoms with van der Waals surface area (Å²) >= 11 is 2.56. The molecule has 1 aromatic heterocycles. The molecule has 1 aromatic rings. The topological polar surface area (TPSA) is 101 Å². The fraction of sp³-hybridized carbons (Fsp3) is 0.600. The standard InChI is InChI=1S/C10H15N5O2S2/c1-18-9-12-8(19-14-9)13-10(17)15-4-2-3-6(5-15)7(11)16/h6H,2-5H2,1H3,(H2,11,16)(H,12,13,14,17). The fourth-order valence-corrected chi connectivity index (χ4v) is 3.02. The first-order valence-electron chi connectivity index (χ1n) is 5.83. The third kappa shape index (κ3) is 3.57. The van der Waals surface area contributed by atoms with Gasteiger partial charge in [-0.3, -0.25) is 10.1 Å². The SMILES string of the molecule is CSc1nsc(NC(=O)N2CCCC(C(N)=O)C2)n1. The van der Waals surface area contributed by atoms with Crippen molar-refractivity contribution in [1.82, 2.24) is 14.3 Å². The second-order valence-electron chi connectivity index (χ2n) is 4.20. The summed E-state index contributed by atoms with van der Waals surface area (Å²) in [6.07, 6.45) is 3.40. The number of carbonyl (C=O) groups is 2. The Morgan fingerprint density at radius 3 is 3.00 bits per heavy atom. The molecule has 0 spiro atoms. The molecule has 9 heteroatoms. The number of hydrogen-bond acceptors (Lipinski definition) is 6. The van der Waals surface area contributed by atoms with Gasteiger partial charge >= 0.3 is 6.03 Å². The van der Waals surface area contributed by atoms with Crippen LogP contribution in [0.15, 0.2) is 5.16 Å². The van der Waals surface area contributed by atoms with Crippen molar-refractivity contribution in [3.05, 3.63) is 0 Å². The summed E-state index contributed by atoms with van der Waals surface area (Å²) in [6.45, 7) is 0.999. The Kier molecular flexibility index (Phi) is 4.59. The van der Waals surface area contributed by atoms with Gasteiger partial charge in [-0.1, -0.05) is 11.8 Å². The molecule has 0 bridgehead atoms. The molecule has 7 nitrogen and oxygen atoms in total. The predicted octanol–water partition coefficient (Wildman–Crippen LogP) is 0.989. The van der Waals surface area contributed by atoms with Crippen LogP contribution in [0, 0.1) is 5.92 Å². The molecule has 3 amide bonds. The van der Waals surface area contributed by atoms with Crippen molar-refractivity contribution in [3.63, 3.8) is 0 Å². The maximum atomic E-state index is 12.0. The largest absolute Gasteiger partial charge is 0.369 e. The second-order valence-corrected chi connectivity index (χ2v) is 5.73. The van der Waals surface area contributed by atoms with Gasteiger partial charge in [-0.25, -0.2) is 4.79 Å². The number of nitrogens with zero attached hydrogens (tertiary/aromatic N) is 3. The number of anilines is 1. The highest BCUT2D eigenvalue weighted by Gasteiger charge is 2.27. The minimum atomic E-state index is -0.349. The van der Waals surface area contributed by atoms with Crippen molar-refractivity contribution >= 4 is 40.4 Å². The smallest absolute Gasteiger partial charge is 0.323 e. The van der Waals surface area contributed by atoms with E-state index in [1.165, 1.54) is 11.8 Å². The van der Waals surface area contributed by atoms with Gasteiger partial charge in [-0.15, -0.1) is 0 Å². The Bertz CT molecular complexity index is 478. The number of nitrogens with two attached hydrogens (primary N) is 1. The van der Waals surface area contributed by atoms with Crippen LogP contribution in [0.2, 0.25) is 0 Å². The highest BCUT2D eigenvalue weighted by atomic mass is 32.2. The van der Waals surface area contributed by atoms with Crippen molar-refractivity contribution in [2.75, 3.05) is 24.7 Å². The maximum Gasteiger partial charge on any atom is 0.323 e. The molecule has 0 aliphatic carbocycles. The first kappa shape index (κ1) is 14.1. The molecule has 3 N–H and O–H groups in total. The molecule has 2 rings (SSSR count). The molecule has 19 heavy (non-hydrogen) atoms. The molecular weight excluding hydrogens is 286 g/mol. The van der Waals surface area contributed by atoms with Crippen molar-refractivity contribution in [2.24, 2.45) is 11.7 Å². The van der Waals surface area contributed by atoms with E-state index >= 15 is 0 Å². The van der Waals surface area contributed by atoms with Crippen molar-refractivity contribution in [1.29, 1.82) is 0 Å². The van der Waals surface area contributed by atoms with Gasteiger partial charge in [0.2, 0.25) is 16.2 Å². The monoisotopic (exact) mass is 301 g/mol. The zero-order chi connectivity index (χ0) is 13.8. The quantitative estimate of drug-likeness (QED) is 0.811. The van der Waals surface area contributed by atoms with Crippen LogP contribution in [0.1, 0.15) is 12.8 Å². The molecule has 104 valence electrons. The number of amides is 3. The Morgan fingerprint density at radius 2 is 2.37 bits per heavy atom. The first-order chi connectivity index (χ1) is 9.10. The maximum absolute atomic E-state index is 12.0. The second kappa shape index (κ2) is 6.20. The number of nitrogens with one attached hydrogen (secondary N) is 1. The van der Waals surface area contributed by atoms with E-state index in [-0.39, 0.29) is 17.9 Å². The normalized spacial score (nSPS) is 19.2. The summed E-state index contributed by atoms with van der Waals surface area (Å²) < 4.78 is 4.06. The fourth-order valence-electron chi connectivity index (χ4n) is 1.91. The van der Waals surface area contributed by atoms with Gasteiger partial charge in [0, 0.05) is 24.6 Å². The molecule has 0 saturated carbocycles. The average Bonchev–Trinajstić information content (AvgIpc) is 2.86. The van der Waals surface area contributed by atoms with Gasteiger partial charge in [-0.05, 0) is 19.1 Å². The molecule has 2 heterocycles. The van der Waals surface area contributed by atoms with Gasteiger partial charge in [0.25, 0.3) is 0 Å². The average molecular weight is 301 g/mol. The Labute approximate surface area is 119 Å². The van der Waals surface area contributed by atoms with Crippen LogP contribution in [-0.2, 0) is 4.79 Å². The van der Waals surface area contributed by atoms with Crippen LogP contribution < -0.4 is 11.1 Å². The highest BCUT2D eigenvalue weighted by molar-refractivity contribution is 7.98. The van der Waals surface area contributed by atoms with Gasteiger partial charge in [-0.2, -0.15) is 9.36 Å². The van der Waals surface area contributed by atoms with Crippen LogP contribution in [0.25, 0.3) is 0 Å². The summed E-state index contributed by atoms with van der Waals surface area (Å²) in [5.74, 6) is -0.603. The minimum Gasteiger partial charge on any atom is -0.369 e. The van der Waals surface area contributed by atoms with Crippen LogP contribution in [0.4, 0.5) is 9.93 Å². The van der Waals surface area contributed by atoms with E-state index in [9.17, 15) is 9.59 Å². The molecule has 1 aliphatic rings. The number of piperidine rings is 1. The van der Waals surface area contributed by atoms with E-state index in [4.69, 9.17) is 5.73 Å². The van der Waals surface area contributed by atoms with E-state index < -0.39 is 0 Å². The summed E-state index contributed by atoms with van der Waals surface area (Å²) in [7, 11) is 0. The molecule has 1 atom stereocenters. The molecule has 1 fully saturated rings. The number of hydrogen-bond donors (Lipinski definition) is 2. The zero-order valence-electron chi connectivity index (χ0n) is 10.5. The van der Waals surface area contributed by atoms with E-state index in [1.807, 2.05) is 6.26 Å². The highest BCUT2D eigenvalue weighted by Crippen LogP contribution is 2.20. The Hall–Kier alpha value is -1.35. The third-order valence-corrected chi connectivity index (χ3v) is 4.21. The lowest BCUT2D eigenvalue weighted by Gasteiger charge is -2.30. The van der Waals surface area contributed by atoms with Crippen molar-refractivity contribution < 1.29 is 9.59 Å². The molecule has 1 aliphatic heterocycles. The number of rotatable bonds is 3. The number of aromatic nitrogens is 2. The number of thioether (sulfide) groups is 1. The summed E-state index contributed by atoms with van der Waals surface area (Å²) in [5.41, 5.74) is 5.28. The lowest BCUT2D eigenvalue weighted by Crippen LogP contribution is -2.45. The third-order valence-electron chi connectivity index (χ3n) is 2.91. The number of urea groups is 1. The van der Waals surface area contributed by atoms with Crippen LogP contribution in [-0.4, -0.2) is 45.5 Å². The van der Waals surface area contributed by atoms with Gasteiger partial charge in [0.05, 0.1) is 5.92 Å². The Morgan fingerprint density at radius 1 is 1.58 bits per heavy atom. The molecule has 1 unspecified atom stereocenters. The number of carbonyl (C=O) groups excluding carboxylic acids is 2. The Balaban J connectivity index is 1.93. The van der Waals surface area contributed by atoms with Gasteiger partial charge < -0.3 is 10.6 Å². The van der Waals surface area contributed by atoms with E-state index in [2.05, 4.69) is 14.7 Å². The van der Waals surface area contributed by atoms with E-state index in [1.54, 1.807) is 4.90 Å². The van der Waals surface area contributed by atoms with E-state index in [0.717, 1.165) is 24.4 Å². The molecule has 1 saturated heterocycles. The summed E-state index contributed by atoms with van der Waals surface area (Å²) in [6, 6.07) is -0.255. The van der Waals surface area contributed by atoms with Crippen LogP contribution in [0.5, 0.6) is 0 Å². The van der Waals surface area contributed by atoms with Crippen LogP contribution in [0.3, 0.4) is 0 Å². The predicted molar refractivity (Wildman–Crippen MR) is 74.2 cm³/mol. The lowest BCUT2D eigenvalue weighted by molar-refractivity contribution is -0.123. The molecular formula is C10H15N5O2S2. The minimum absolute atomic E-state index is 0.254. The van der Waals surface area contributed by atoms with Crippen LogP contribution >= 0.6 is 23.3 Å². The molecule has 0 aromatic carbocycles. The first-order valence-corrected chi connectivity index (χ1v) is 7.83. The van der Waals surface area contributed by atoms with Gasteiger partial charge in [0.15, 0.2) is 0 Å². The lowest BCUT2D eigenvalue weighted by atomic mass is 9.98. The van der Waals surface area contributed by atoms with Crippen molar-refractivity contribution in [2.45, 2.75) is 18.0 Å². The zero-order valence-corrected chi connectivity index (χ0v) is 12.1. The van der Waals surface area contributed by atoms with Crippen molar-refractivity contribution in [3.8, 4) is 0 Å². The molecule has 0 radical (unpaired) electrons. The number of likely N-dealkylation sites (tertiary alicyclic amines) is 1.